The average molecular weight is 399 g/mol. The summed E-state index contributed by atoms with van der Waals surface area (Å²) in [6.07, 6.45) is 6.28. The number of hydrogen-bond donors (Lipinski definition) is 2. The fourth-order valence-electron chi connectivity index (χ4n) is 5.08. The number of fused-ring (bicyclic) bond motifs is 1. The molecular formula is C23H30N2O4. The van der Waals surface area contributed by atoms with Crippen molar-refractivity contribution >= 4 is 5.91 Å². The van der Waals surface area contributed by atoms with Crippen molar-refractivity contribution in [3.8, 4) is 5.75 Å². The van der Waals surface area contributed by atoms with Gasteiger partial charge in [0.1, 0.15) is 11.5 Å². The lowest BCUT2D eigenvalue weighted by molar-refractivity contribution is -0.138. The molecule has 2 N–H and O–H groups in total. The highest BCUT2D eigenvalue weighted by Gasteiger charge is 2.49. The summed E-state index contributed by atoms with van der Waals surface area (Å²) in [6.45, 7) is 1.35. The summed E-state index contributed by atoms with van der Waals surface area (Å²) in [5.41, 5.74) is 0.393. The Labute approximate surface area is 171 Å². The van der Waals surface area contributed by atoms with Crippen molar-refractivity contribution < 1.29 is 19.1 Å². The predicted octanol–water partition coefficient (Wildman–Crippen LogP) is 3.27. The van der Waals surface area contributed by atoms with Crippen LogP contribution in [-0.2, 0) is 11.3 Å². The van der Waals surface area contributed by atoms with E-state index >= 15 is 0 Å². The van der Waals surface area contributed by atoms with Gasteiger partial charge < -0.3 is 19.6 Å². The van der Waals surface area contributed by atoms with Gasteiger partial charge in [-0.2, -0.15) is 0 Å². The Morgan fingerprint density at radius 2 is 2.14 bits per heavy atom. The number of para-hydroxylation sites is 1. The topological polar surface area (TPSA) is 74.9 Å². The van der Waals surface area contributed by atoms with Gasteiger partial charge in [-0.15, -0.1) is 0 Å². The van der Waals surface area contributed by atoms with Crippen LogP contribution in [0.1, 0.15) is 49.5 Å². The van der Waals surface area contributed by atoms with E-state index < -0.39 is 5.60 Å². The van der Waals surface area contributed by atoms with Crippen molar-refractivity contribution in [2.75, 3.05) is 20.2 Å². The largest absolute Gasteiger partial charge is 0.496 e. The van der Waals surface area contributed by atoms with E-state index in [9.17, 15) is 9.90 Å². The van der Waals surface area contributed by atoms with E-state index in [0.29, 0.717) is 19.5 Å². The van der Waals surface area contributed by atoms with E-state index in [1.165, 1.54) is 0 Å². The van der Waals surface area contributed by atoms with Crippen LogP contribution in [0.4, 0.5) is 0 Å². The number of piperidine rings is 1. The molecule has 3 atom stereocenters. The normalized spacial score (nSPS) is 27.2. The van der Waals surface area contributed by atoms with E-state index in [-0.39, 0.29) is 24.4 Å². The Bertz CT molecular complexity index is 822. The lowest BCUT2D eigenvalue weighted by Crippen LogP contribution is -2.56. The van der Waals surface area contributed by atoms with Crippen LogP contribution >= 0.6 is 0 Å². The minimum atomic E-state index is -0.662. The summed E-state index contributed by atoms with van der Waals surface area (Å²) in [5, 5.41) is 14.3. The maximum Gasteiger partial charge on any atom is 0.234 e. The van der Waals surface area contributed by atoms with Crippen LogP contribution in [0.3, 0.4) is 0 Å². The Morgan fingerprint density at radius 3 is 2.93 bits per heavy atom. The number of likely N-dealkylation sites (tertiary alicyclic amines) is 1. The first kappa shape index (κ1) is 20.0. The predicted molar refractivity (Wildman–Crippen MR) is 109 cm³/mol. The summed E-state index contributed by atoms with van der Waals surface area (Å²) >= 11 is 0. The van der Waals surface area contributed by atoms with Gasteiger partial charge in [-0.1, -0.05) is 31.0 Å². The zero-order valence-electron chi connectivity index (χ0n) is 17.0. The highest BCUT2D eigenvalue weighted by atomic mass is 16.5. The molecule has 1 aromatic carbocycles. The highest BCUT2D eigenvalue weighted by Crippen LogP contribution is 2.50. The van der Waals surface area contributed by atoms with E-state index in [2.05, 4.69) is 16.3 Å². The smallest absolute Gasteiger partial charge is 0.234 e. The molecule has 1 saturated heterocycles. The molecule has 0 bridgehead atoms. The fraction of sp³-hybridized carbons (Fsp3) is 0.522. The second-order valence-corrected chi connectivity index (χ2v) is 8.22. The number of benzene rings is 1. The molecular weight excluding hydrogens is 368 g/mol. The number of hydrogen-bond acceptors (Lipinski definition) is 5. The minimum absolute atomic E-state index is 0.0393. The number of carbonyl (C=O) groups excluding carboxylic acids is 1. The van der Waals surface area contributed by atoms with Gasteiger partial charge in [0.2, 0.25) is 5.91 Å². The van der Waals surface area contributed by atoms with Crippen LogP contribution in [0.15, 0.2) is 47.1 Å². The summed E-state index contributed by atoms with van der Waals surface area (Å²) in [4.78, 5) is 14.9. The van der Waals surface area contributed by atoms with Gasteiger partial charge >= 0.3 is 0 Å². The van der Waals surface area contributed by atoms with Gasteiger partial charge in [-0.25, -0.2) is 0 Å². The van der Waals surface area contributed by atoms with Crippen LogP contribution in [-0.4, -0.2) is 41.7 Å². The van der Waals surface area contributed by atoms with Gasteiger partial charge in [0.05, 0.1) is 32.1 Å². The lowest BCUT2D eigenvalue weighted by atomic mass is 9.66. The molecule has 1 saturated carbocycles. The van der Waals surface area contributed by atoms with E-state index in [1.807, 2.05) is 30.3 Å². The molecule has 1 aliphatic heterocycles. The first-order chi connectivity index (χ1) is 14.1. The van der Waals surface area contributed by atoms with Crippen molar-refractivity contribution in [2.24, 2.45) is 5.92 Å². The van der Waals surface area contributed by atoms with Crippen molar-refractivity contribution in [2.45, 2.75) is 50.3 Å². The zero-order valence-corrected chi connectivity index (χ0v) is 17.0. The van der Waals surface area contributed by atoms with Crippen LogP contribution in [0.2, 0.25) is 0 Å². The Kier molecular flexibility index (Phi) is 5.92. The van der Waals surface area contributed by atoms with E-state index in [4.69, 9.17) is 9.15 Å². The first-order valence-electron chi connectivity index (χ1n) is 10.5. The molecule has 2 heterocycles. The maximum absolute atomic E-state index is 12.7. The SMILES string of the molecule is COc1ccccc1[C@H]1[C@H]2CCCC[C@]2(O)CCN1CC(=O)NCc1ccco1. The third-order valence-corrected chi connectivity index (χ3v) is 6.52. The third kappa shape index (κ3) is 4.19. The molecule has 0 unspecified atom stereocenters. The molecule has 156 valence electrons. The molecule has 1 amide bonds. The van der Waals surface area contributed by atoms with Crippen LogP contribution in [0.25, 0.3) is 0 Å². The number of aliphatic hydroxyl groups is 1. The molecule has 2 fully saturated rings. The van der Waals surface area contributed by atoms with E-state index in [1.54, 1.807) is 13.4 Å². The highest BCUT2D eigenvalue weighted by molar-refractivity contribution is 5.78. The van der Waals surface area contributed by atoms with Crippen molar-refractivity contribution in [3.63, 3.8) is 0 Å². The summed E-state index contributed by atoms with van der Waals surface area (Å²) in [7, 11) is 1.68. The average Bonchev–Trinajstić information content (AvgIpc) is 3.26. The number of amides is 1. The fourth-order valence-corrected chi connectivity index (χ4v) is 5.08. The number of rotatable bonds is 6. The second kappa shape index (κ2) is 8.59. The molecule has 0 spiro atoms. The first-order valence-corrected chi connectivity index (χ1v) is 10.5. The zero-order chi connectivity index (χ0) is 20.3. The van der Waals surface area contributed by atoms with Gasteiger partial charge in [0.25, 0.3) is 0 Å². The van der Waals surface area contributed by atoms with Crippen LogP contribution < -0.4 is 10.1 Å². The van der Waals surface area contributed by atoms with Crippen molar-refractivity contribution in [1.29, 1.82) is 0 Å². The second-order valence-electron chi connectivity index (χ2n) is 8.22. The number of nitrogens with one attached hydrogen (secondary N) is 1. The van der Waals surface area contributed by atoms with Gasteiger partial charge in [0.15, 0.2) is 0 Å². The number of ether oxygens (including phenoxy) is 1. The molecule has 4 rings (SSSR count). The third-order valence-electron chi connectivity index (χ3n) is 6.52. The summed E-state index contributed by atoms with van der Waals surface area (Å²) in [6, 6.07) is 11.6. The number of furan rings is 1. The molecule has 6 heteroatoms. The quantitative estimate of drug-likeness (QED) is 0.781. The molecule has 1 aliphatic carbocycles. The molecule has 1 aromatic heterocycles. The van der Waals surface area contributed by atoms with Crippen molar-refractivity contribution in [3.05, 3.63) is 54.0 Å². The van der Waals surface area contributed by atoms with Crippen LogP contribution in [0, 0.1) is 5.92 Å². The van der Waals surface area contributed by atoms with Crippen molar-refractivity contribution in [1.82, 2.24) is 10.2 Å². The van der Waals surface area contributed by atoms with Gasteiger partial charge in [-0.05, 0) is 37.5 Å². The van der Waals surface area contributed by atoms with Gasteiger partial charge in [-0.3, -0.25) is 9.69 Å². The number of carbonyl (C=O) groups is 1. The van der Waals surface area contributed by atoms with Gasteiger partial charge in [0, 0.05) is 24.1 Å². The molecule has 29 heavy (non-hydrogen) atoms. The maximum atomic E-state index is 12.7. The standard InChI is InChI=1S/C23H30N2O4/c1-28-20-10-3-2-8-18(20)22-19-9-4-5-11-23(19,27)12-13-25(22)16-21(26)24-15-17-7-6-14-29-17/h2-3,6-8,10,14,19,22,27H,4-5,9,11-13,15-16H2,1H3,(H,24,26)/t19-,22+,23+/m1/s1. The van der Waals surface area contributed by atoms with Crippen LogP contribution in [0.5, 0.6) is 5.75 Å². The Balaban J connectivity index is 1.56. The Hall–Kier alpha value is -2.31. The number of nitrogens with zero attached hydrogens (tertiary/aromatic N) is 1. The molecule has 2 aromatic rings. The summed E-state index contributed by atoms with van der Waals surface area (Å²) in [5.74, 6) is 1.61. The molecule has 2 aliphatic rings. The summed E-state index contributed by atoms with van der Waals surface area (Å²) < 4.78 is 10.9. The minimum Gasteiger partial charge on any atom is -0.496 e. The molecule has 0 radical (unpaired) electrons. The van der Waals surface area contributed by atoms with E-state index in [0.717, 1.165) is 42.8 Å². The number of methoxy groups -OCH3 is 1. The lowest BCUT2D eigenvalue weighted by Gasteiger charge is -2.52. The molecule has 6 nitrogen and oxygen atoms in total. The Morgan fingerprint density at radius 1 is 1.28 bits per heavy atom. The monoisotopic (exact) mass is 398 g/mol.